The van der Waals surface area contributed by atoms with Gasteiger partial charge >= 0.3 is 12.0 Å². The summed E-state index contributed by atoms with van der Waals surface area (Å²) in [4.78, 5) is 26.4. The van der Waals surface area contributed by atoms with Crippen molar-refractivity contribution in [3.8, 4) is 0 Å². The van der Waals surface area contributed by atoms with Crippen LogP contribution in [0.1, 0.15) is 20.3 Å². The van der Waals surface area contributed by atoms with Gasteiger partial charge in [0.25, 0.3) is 0 Å². The Morgan fingerprint density at radius 3 is 2.71 bits per heavy atom. The molecule has 1 fully saturated rings. The van der Waals surface area contributed by atoms with Crippen molar-refractivity contribution in [1.29, 1.82) is 0 Å². The molecule has 5 heteroatoms. The second kappa shape index (κ2) is 5.70. The smallest absolute Gasteiger partial charge is 0.326 e. The molecule has 0 aliphatic carbocycles. The van der Waals surface area contributed by atoms with Crippen LogP contribution in [0.4, 0.5) is 4.79 Å². The molecule has 1 N–H and O–H groups in total. The summed E-state index contributed by atoms with van der Waals surface area (Å²) in [7, 11) is 0. The summed E-state index contributed by atoms with van der Waals surface area (Å²) in [5.74, 6) is -0.906. The number of carbonyl (C=O) groups excluding carboxylic acids is 1. The molecule has 0 aromatic rings. The van der Waals surface area contributed by atoms with E-state index >= 15 is 0 Å². The minimum Gasteiger partial charge on any atom is -0.480 e. The number of carboxylic acid groups (broad SMARTS) is 1. The van der Waals surface area contributed by atoms with E-state index in [0.29, 0.717) is 19.6 Å². The van der Waals surface area contributed by atoms with Crippen LogP contribution in [-0.4, -0.2) is 52.6 Å². The second-order valence-electron chi connectivity index (χ2n) is 4.35. The van der Waals surface area contributed by atoms with Gasteiger partial charge in [-0.25, -0.2) is 9.59 Å². The maximum absolute atomic E-state index is 12.2. The van der Waals surface area contributed by atoms with Crippen molar-refractivity contribution in [2.75, 3.05) is 19.6 Å². The molecule has 0 bridgehead atoms. The number of likely N-dealkylation sites (tertiary alicyclic amines) is 1. The van der Waals surface area contributed by atoms with Crippen molar-refractivity contribution in [2.45, 2.75) is 26.3 Å². The third-order valence-electron chi connectivity index (χ3n) is 3.20. The highest BCUT2D eigenvalue weighted by atomic mass is 16.4. The molecule has 17 heavy (non-hydrogen) atoms. The zero-order valence-electron chi connectivity index (χ0n) is 10.4. The molecule has 5 nitrogen and oxygen atoms in total. The Kier molecular flexibility index (Phi) is 4.54. The molecule has 96 valence electrons. The molecular weight excluding hydrogens is 220 g/mol. The molecular formula is C12H20N2O3. The molecule has 2 unspecified atom stereocenters. The van der Waals surface area contributed by atoms with Crippen LogP contribution in [0.3, 0.4) is 0 Å². The fraction of sp³-hybridized carbons (Fsp3) is 0.667. The van der Waals surface area contributed by atoms with Gasteiger partial charge in [-0.3, -0.25) is 0 Å². The molecule has 0 aromatic carbocycles. The third-order valence-corrected chi connectivity index (χ3v) is 3.20. The van der Waals surface area contributed by atoms with Crippen LogP contribution < -0.4 is 0 Å². The van der Waals surface area contributed by atoms with E-state index in [0.717, 1.165) is 6.42 Å². The van der Waals surface area contributed by atoms with Gasteiger partial charge in [0.1, 0.15) is 6.04 Å². The maximum Gasteiger partial charge on any atom is 0.326 e. The first kappa shape index (κ1) is 13.5. The van der Waals surface area contributed by atoms with Gasteiger partial charge in [-0.2, -0.15) is 0 Å². The summed E-state index contributed by atoms with van der Waals surface area (Å²) in [5.41, 5.74) is 0. The Labute approximate surface area is 102 Å². The van der Waals surface area contributed by atoms with E-state index in [1.807, 2.05) is 13.8 Å². The first-order valence-corrected chi connectivity index (χ1v) is 5.92. The number of nitrogens with zero attached hydrogens (tertiary/aromatic N) is 2. The molecule has 0 aromatic heterocycles. The summed E-state index contributed by atoms with van der Waals surface area (Å²) in [6.07, 6.45) is 2.39. The highest BCUT2D eigenvalue weighted by Crippen LogP contribution is 2.25. The zero-order valence-corrected chi connectivity index (χ0v) is 10.4. The highest BCUT2D eigenvalue weighted by Gasteiger charge is 2.40. The van der Waals surface area contributed by atoms with Gasteiger partial charge in [0.15, 0.2) is 0 Å². The third kappa shape index (κ3) is 2.78. The molecule has 1 aliphatic rings. The molecule has 2 amide bonds. The number of carboxylic acids is 1. The van der Waals surface area contributed by atoms with E-state index in [4.69, 9.17) is 5.11 Å². The van der Waals surface area contributed by atoms with Crippen molar-refractivity contribution < 1.29 is 14.7 Å². The fourth-order valence-corrected chi connectivity index (χ4v) is 2.22. The Hall–Kier alpha value is -1.52. The number of hydrogen-bond acceptors (Lipinski definition) is 2. The van der Waals surface area contributed by atoms with Crippen LogP contribution in [-0.2, 0) is 4.79 Å². The zero-order chi connectivity index (χ0) is 13.0. The van der Waals surface area contributed by atoms with Crippen molar-refractivity contribution in [3.05, 3.63) is 12.7 Å². The minimum atomic E-state index is -0.919. The lowest BCUT2D eigenvalue weighted by atomic mass is 10.0. The first-order valence-electron chi connectivity index (χ1n) is 5.92. The van der Waals surface area contributed by atoms with Crippen LogP contribution >= 0.6 is 0 Å². The monoisotopic (exact) mass is 240 g/mol. The number of hydrogen-bond donors (Lipinski definition) is 1. The normalized spacial score (nSPS) is 23.5. The van der Waals surface area contributed by atoms with Crippen molar-refractivity contribution in [3.63, 3.8) is 0 Å². The average molecular weight is 240 g/mol. The van der Waals surface area contributed by atoms with E-state index in [1.165, 1.54) is 4.90 Å². The van der Waals surface area contributed by atoms with Gasteiger partial charge in [0, 0.05) is 19.6 Å². The Morgan fingerprint density at radius 2 is 2.24 bits per heavy atom. The Morgan fingerprint density at radius 1 is 1.59 bits per heavy atom. The molecule has 2 atom stereocenters. The van der Waals surface area contributed by atoms with Crippen LogP contribution in [0, 0.1) is 5.92 Å². The minimum absolute atomic E-state index is 0.0129. The quantitative estimate of drug-likeness (QED) is 0.756. The van der Waals surface area contributed by atoms with Gasteiger partial charge in [-0.15, -0.1) is 6.58 Å². The van der Waals surface area contributed by atoms with Gasteiger partial charge in [0.2, 0.25) is 0 Å². The van der Waals surface area contributed by atoms with Crippen molar-refractivity contribution in [1.82, 2.24) is 9.80 Å². The van der Waals surface area contributed by atoms with E-state index in [1.54, 1.807) is 11.0 Å². The summed E-state index contributed by atoms with van der Waals surface area (Å²) in [6, 6.07) is -0.898. The van der Waals surface area contributed by atoms with Gasteiger partial charge < -0.3 is 14.9 Å². The second-order valence-corrected chi connectivity index (χ2v) is 4.35. The van der Waals surface area contributed by atoms with E-state index in [-0.39, 0.29) is 11.9 Å². The molecule has 1 rings (SSSR count). The van der Waals surface area contributed by atoms with E-state index < -0.39 is 12.0 Å². The summed E-state index contributed by atoms with van der Waals surface area (Å²) >= 11 is 0. The van der Waals surface area contributed by atoms with E-state index in [9.17, 15) is 9.59 Å². The van der Waals surface area contributed by atoms with E-state index in [2.05, 4.69) is 6.58 Å². The predicted molar refractivity (Wildman–Crippen MR) is 64.8 cm³/mol. The predicted octanol–water partition coefficient (Wildman–Crippen LogP) is 1.41. The number of likely N-dealkylation sites (N-methyl/N-ethyl adjacent to an activating group) is 1. The number of amides is 2. The highest BCUT2D eigenvalue weighted by molar-refractivity contribution is 5.83. The largest absolute Gasteiger partial charge is 0.480 e. The molecule has 0 saturated carbocycles. The summed E-state index contributed by atoms with van der Waals surface area (Å²) < 4.78 is 0. The van der Waals surface area contributed by atoms with Gasteiger partial charge in [0.05, 0.1) is 0 Å². The van der Waals surface area contributed by atoms with Gasteiger partial charge in [-0.05, 0) is 19.3 Å². The first-order chi connectivity index (χ1) is 8.02. The Balaban J connectivity index is 2.80. The lowest BCUT2D eigenvalue weighted by Gasteiger charge is -2.29. The number of urea groups is 1. The lowest BCUT2D eigenvalue weighted by molar-refractivity contribution is -0.142. The van der Waals surface area contributed by atoms with Crippen molar-refractivity contribution >= 4 is 12.0 Å². The SMILES string of the molecule is C=CCN(CC)C(=O)N1CCC(C)C1C(=O)O. The Bertz CT molecular complexity index is 317. The number of rotatable bonds is 4. The molecule has 1 heterocycles. The topological polar surface area (TPSA) is 60.9 Å². The van der Waals surface area contributed by atoms with Gasteiger partial charge in [-0.1, -0.05) is 13.0 Å². The molecule has 0 spiro atoms. The molecule has 1 aliphatic heterocycles. The number of aliphatic carboxylic acids is 1. The molecule has 0 radical (unpaired) electrons. The van der Waals surface area contributed by atoms with Crippen LogP contribution in [0.25, 0.3) is 0 Å². The van der Waals surface area contributed by atoms with Crippen LogP contribution in [0.5, 0.6) is 0 Å². The number of carbonyl (C=O) groups is 2. The fourth-order valence-electron chi connectivity index (χ4n) is 2.22. The lowest BCUT2D eigenvalue weighted by Crippen LogP contribution is -2.49. The maximum atomic E-state index is 12.2. The summed E-state index contributed by atoms with van der Waals surface area (Å²) in [5, 5.41) is 9.15. The van der Waals surface area contributed by atoms with Crippen LogP contribution in [0.2, 0.25) is 0 Å². The average Bonchev–Trinajstić information content (AvgIpc) is 2.67. The summed E-state index contributed by atoms with van der Waals surface area (Å²) in [6.45, 7) is 8.87. The standard InChI is InChI=1S/C12H20N2O3/c1-4-7-13(5-2)12(17)14-8-6-9(3)10(14)11(15)16/h4,9-10H,1,5-8H2,2-3H3,(H,15,16). The molecule has 1 saturated heterocycles. The van der Waals surface area contributed by atoms with Crippen molar-refractivity contribution in [2.24, 2.45) is 5.92 Å². The van der Waals surface area contributed by atoms with Crippen LogP contribution in [0.15, 0.2) is 12.7 Å².